The summed E-state index contributed by atoms with van der Waals surface area (Å²) in [6.07, 6.45) is 2.60. The monoisotopic (exact) mass is 353 g/mol. The summed E-state index contributed by atoms with van der Waals surface area (Å²) in [5.41, 5.74) is -1.27. The first-order chi connectivity index (χ1) is 11.7. The highest BCUT2D eigenvalue weighted by molar-refractivity contribution is 5.96. The largest absolute Gasteiger partial charge is 0.417 e. The van der Waals surface area contributed by atoms with Crippen molar-refractivity contribution in [2.45, 2.75) is 32.6 Å². The first-order valence-electron chi connectivity index (χ1n) is 7.29. The average molecular weight is 353 g/mol. The molecule has 2 rings (SSSR count). The second-order valence-electron chi connectivity index (χ2n) is 5.66. The lowest BCUT2D eigenvalue weighted by molar-refractivity contribution is -0.133. The van der Waals surface area contributed by atoms with Gasteiger partial charge in [-0.05, 0) is 31.5 Å². The van der Waals surface area contributed by atoms with Gasteiger partial charge in [-0.1, -0.05) is 0 Å². The lowest BCUT2D eigenvalue weighted by atomic mass is 10.1. The van der Waals surface area contributed by atoms with Crippen LogP contribution in [0.1, 0.15) is 12.5 Å². The van der Waals surface area contributed by atoms with Crippen molar-refractivity contribution in [2.75, 3.05) is 5.32 Å². The number of anilines is 1. The van der Waals surface area contributed by atoms with Crippen molar-refractivity contribution in [3.8, 4) is 5.88 Å². The number of hydrogen-bond acceptors (Lipinski definition) is 5. The summed E-state index contributed by atoms with van der Waals surface area (Å²) >= 11 is 0. The molecule has 0 saturated carbocycles. The maximum Gasteiger partial charge on any atom is 0.388 e. The van der Waals surface area contributed by atoms with E-state index in [0.717, 1.165) is 17.8 Å². The molecule has 1 amide bonds. The van der Waals surface area contributed by atoms with Gasteiger partial charge in [0.15, 0.2) is 5.60 Å². The van der Waals surface area contributed by atoms with E-state index >= 15 is 0 Å². The summed E-state index contributed by atoms with van der Waals surface area (Å²) in [6, 6.07) is 5.53. The van der Waals surface area contributed by atoms with Crippen LogP contribution in [0.3, 0.4) is 0 Å². The number of aliphatic hydroxyl groups is 1. The molecular weight excluding hydrogens is 336 g/mol. The molecule has 0 bridgehead atoms. The van der Waals surface area contributed by atoms with Gasteiger partial charge in [0.1, 0.15) is 0 Å². The third-order valence-corrected chi connectivity index (χ3v) is 3.32. The first-order valence-corrected chi connectivity index (χ1v) is 7.29. The number of carbonyl (C=O) groups excluding carboxylic acids is 1. The van der Waals surface area contributed by atoms with Crippen LogP contribution in [0.15, 0.2) is 41.5 Å². The Morgan fingerprint density at radius 2 is 2.16 bits per heavy atom. The molecule has 0 aliphatic carbocycles. The van der Waals surface area contributed by atoms with Crippen molar-refractivity contribution in [3.05, 3.63) is 52.6 Å². The molecule has 0 aliphatic heterocycles. The van der Waals surface area contributed by atoms with Gasteiger partial charge in [0, 0.05) is 18.3 Å². The molecule has 0 aliphatic rings. The molecular formula is C16H17F2N3O4. The van der Waals surface area contributed by atoms with Crippen LogP contribution in [0.25, 0.3) is 0 Å². The molecule has 2 heterocycles. The number of ether oxygens (including phenoxy) is 1. The molecule has 0 radical (unpaired) electrons. The van der Waals surface area contributed by atoms with Crippen LogP contribution in [0.5, 0.6) is 5.88 Å². The van der Waals surface area contributed by atoms with Crippen molar-refractivity contribution in [2.24, 2.45) is 0 Å². The molecule has 25 heavy (non-hydrogen) atoms. The molecule has 2 aromatic rings. The van der Waals surface area contributed by atoms with Crippen LogP contribution in [-0.4, -0.2) is 32.8 Å². The summed E-state index contributed by atoms with van der Waals surface area (Å²) in [5.74, 6) is -1.07. The quantitative estimate of drug-likeness (QED) is 0.822. The number of pyridine rings is 2. The van der Waals surface area contributed by atoms with E-state index in [9.17, 15) is 23.5 Å². The fourth-order valence-electron chi connectivity index (χ4n) is 2.02. The van der Waals surface area contributed by atoms with E-state index in [1.54, 1.807) is 13.0 Å². The van der Waals surface area contributed by atoms with Gasteiger partial charge in [0.25, 0.3) is 11.5 Å². The van der Waals surface area contributed by atoms with E-state index < -0.39 is 18.1 Å². The zero-order valence-corrected chi connectivity index (χ0v) is 13.6. The molecule has 0 spiro atoms. The SMILES string of the molecule is Cc1ccn(CC(C)(O)C(=O)Nc2ccc(OC(F)F)nc2)c(=O)c1. The van der Waals surface area contributed by atoms with E-state index in [1.165, 1.54) is 29.8 Å². The third-order valence-electron chi connectivity index (χ3n) is 3.32. The molecule has 0 saturated heterocycles. The lowest BCUT2D eigenvalue weighted by Crippen LogP contribution is -2.45. The van der Waals surface area contributed by atoms with Crippen LogP contribution >= 0.6 is 0 Å². The van der Waals surface area contributed by atoms with E-state index in [0.29, 0.717) is 0 Å². The lowest BCUT2D eigenvalue weighted by Gasteiger charge is -2.23. The number of aryl methyl sites for hydroxylation is 1. The average Bonchev–Trinajstić information content (AvgIpc) is 2.51. The fourth-order valence-corrected chi connectivity index (χ4v) is 2.02. The maximum atomic E-state index is 12.2. The molecule has 1 unspecified atom stereocenters. The van der Waals surface area contributed by atoms with Crippen molar-refractivity contribution < 1.29 is 23.4 Å². The molecule has 1 atom stereocenters. The minimum atomic E-state index is -3.00. The summed E-state index contributed by atoms with van der Waals surface area (Å²) in [6.45, 7) is -0.235. The standard InChI is InChI=1S/C16H17F2N3O4/c1-10-5-6-21(13(22)7-10)9-16(2,24)14(23)20-11-3-4-12(19-8-11)25-15(17)18/h3-8,15,24H,9H2,1-2H3,(H,20,23). The van der Waals surface area contributed by atoms with Crippen molar-refractivity contribution in [1.82, 2.24) is 9.55 Å². The second kappa shape index (κ2) is 7.39. The third kappa shape index (κ3) is 5.08. The molecule has 2 N–H and O–H groups in total. The van der Waals surface area contributed by atoms with Gasteiger partial charge in [0.2, 0.25) is 5.88 Å². The summed E-state index contributed by atoms with van der Waals surface area (Å²) < 4.78 is 29.4. The highest BCUT2D eigenvalue weighted by Gasteiger charge is 2.31. The van der Waals surface area contributed by atoms with E-state index in [1.807, 2.05) is 0 Å². The zero-order valence-electron chi connectivity index (χ0n) is 13.6. The fraction of sp³-hybridized carbons (Fsp3) is 0.312. The van der Waals surface area contributed by atoms with E-state index in [4.69, 9.17) is 0 Å². The Bertz CT molecular complexity index is 804. The van der Waals surface area contributed by atoms with Crippen molar-refractivity contribution in [3.63, 3.8) is 0 Å². The number of aromatic nitrogens is 2. The Labute approximate surface area is 141 Å². The van der Waals surface area contributed by atoms with Gasteiger partial charge < -0.3 is 19.7 Å². The number of halogens is 2. The van der Waals surface area contributed by atoms with Crippen LogP contribution in [0.4, 0.5) is 14.5 Å². The second-order valence-corrected chi connectivity index (χ2v) is 5.66. The Morgan fingerprint density at radius 3 is 2.72 bits per heavy atom. The van der Waals surface area contributed by atoms with Gasteiger partial charge in [-0.15, -0.1) is 0 Å². The Kier molecular flexibility index (Phi) is 5.48. The number of hydrogen-bond donors (Lipinski definition) is 2. The Morgan fingerprint density at radius 1 is 1.44 bits per heavy atom. The van der Waals surface area contributed by atoms with Crippen LogP contribution in [0.2, 0.25) is 0 Å². The number of rotatable bonds is 6. The summed E-state index contributed by atoms with van der Waals surface area (Å²) in [5, 5.41) is 12.8. The first kappa shape index (κ1) is 18.5. The number of alkyl halides is 2. The highest BCUT2D eigenvalue weighted by atomic mass is 19.3. The number of amides is 1. The minimum absolute atomic E-state index is 0.183. The van der Waals surface area contributed by atoms with Gasteiger partial charge in [-0.25, -0.2) is 4.98 Å². The van der Waals surface area contributed by atoms with Crippen LogP contribution in [0, 0.1) is 6.92 Å². The van der Waals surface area contributed by atoms with Gasteiger partial charge in [-0.3, -0.25) is 9.59 Å². The molecule has 134 valence electrons. The predicted octanol–water partition coefficient (Wildman–Crippen LogP) is 1.54. The Hall–Kier alpha value is -2.81. The predicted molar refractivity (Wildman–Crippen MR) is 85.6 cm³/mol. The molecule has 2 aromatic heterocycles. The summed E-state index contributed by atoms with van der Waals surface area (Å²) in [7, 11) is 0. The van der Waals surface area contributed by atoms with Gasteiger partial charge in [0.05, 0.1) is 18.4 Å². The summed E-state index contributed by atoms with van der Waals surface area (Å²) in [4.78, 5) is 27.7. The van der Waals surface area contributed by atoms with Crippen LogP contribution < -0.4 is 15.6 Å². The number of carbonyl (C=O) groups is 1. The maximum absolute atomic E-state index is 12.2. The molecule has 9 heteroatoms. The minimum Gasteiger partial charge on any atom is -0.417 e. The Balaban J connectivity index is 2.06. The highest BCUT2D eigenvalue weighted by Crippen LogP contribution is 2.16. The van der Waals surface area contributed by atoms with Gasteiger partial charge in [-0.2, -0.15) is 8.78 Å². The van der Waals surface area contributed by atoms with Crippen molar-refractivity contribution in [1.29, 1.82) is 0 Å². The zero-order chi connectivity index (χ0) is 18.6. The van der Waals surface area contributed by atoms with Crippen LogP contribution in [-0.2, 0) is 11.3 Å². The normalized spacial score (nSPS) is 13.4. The van der Waals surface area contributed by atoms with Gasteiger partial charge >= 0.3 is 6.61 Å². The van der Waals surface area contributed by atoms with E-state index in [2.05, 4.69) is 15.0 Å². The topological polar surface area (TPSA) is 93.5 Å². The van der Waals surface area contributed by atoms with E-state index in [-0.39, 0.29) is 23.7 Å². The smallest absolute Gasteiger partial charge is 0.388 e. The number of nitrogens with zero attached hydrogens (tertiary/aromatic N) is 2. The number of nitrogens with one attached hydrogen (secondary N) is 1. The van der Waals surface area contributed by atoms with Crippen molar-refractivity contribution >= 4 is 11.6 Å². The molecule has 0 fully saturated rings. The molecule has 7 nitrogen and oxygen atoms in total. The molecule has 0 aromatic carbocycles.